The van der Waals surface area contributed by atoms with Crippen LogP contribution in [-0.4, -0.2) is 166 Å². The van der Waals surface area contributed by atoms with Crippen molar-refractivity contribution >= 4 is 29.5 Å². The fourth-order valence-electron chi connectivity index (χ4n) is 5.73. The Labute approximate surface area is 329 Å². The molecule has 3 rings (SSSR count). The van der Waals surface area contributed by atoms with Gasteiger partial charge in [-0.3, -0.25) is 28.9 Å². The van der Waals surface area contributed by atoms with Crippen molar-refractivity contribution in [1.82, 2.24) is 30.7 Å². The van der Waals surface area contributed by atoms with Crippen molar-refractivity contribution in [1.29, 1.82) is 0 Å². The molecule has 9 N–H and O–H groups in total. The summed E-state index contributed by atoms with van der Waals surface area (Å²) in [5, 5.41) is 8.29. The van der Waals surface area contributed by atoms with E-state index in [-0.39, 0.29) is 59.9 Å². The predicted molar refractivity (Wildman–Crippen MR) is 213 cm³/mol. The molecule has 8 atom stereocenters. The molecule has 0 radical (unpaired) electrons. The fraction of sp³-hybridized carbons (Fsp3) is 0.868. The third-order valence-corrected chi connectivity index (χ3v) is 10.5. The maximum atomic E-state index is 12.1. The molecule has 3 saturated heterocycles. The zero-order chi connectivity index (χ0) is 41.5. The highest BCUT2D eigenvalue weighted by molar-refractivity contribution is 5.89. The normalized spacial score (nSPS) is 20.6. The van der Waals surface area contributed by atoms with Crippen molar-refractivity contribution in [2.75, 3.05) is 92.0 Å². The van der Waals surface area contributed by atoms with Crippen LogP contribution in [0.2, 0.25) is 0 Å². The summed E-state index contributed by atoms with van der Waals surface area (Å²) in [6.45, 7) is 24.5. The van der Waals surface area contributed by atoms with Crippen molar-refractivity contribution < 1.29 is 38.2 Å². The first-order valence-electron chi connectivity index (χ1n) is 20.2. The molecule has 8 unspecified atom stereocenters. The van der Waals surface area contributed by atoms with Crippen LogP contribution in [0, 0.1) is 17.8 Å². The number of nitrogens with two attached hydrogens (primary N) is 3. The lowest BCUT2D eigenvalue weighted by Gasteiger charge is -2.30. The molecule has 0 aliphatic carbocycles. The molecule has 3 fully saturated rings. The number of hydrogen-bond donors (Lipinski definition) is 6. The van der Waals surface area contributed by atoms with Gasteiger partial charge in [0.1, 0.15) is 6.04 Å². The second kappa shape index (κ2) is 27.6. The highest BCUT2D eigenvalue weighted by Crippen LogP contribution is 2.08. The molecular weight excluding hydrogens is 710 g/mol. The Kier molecular flexibility index (Phi) is 25.2. The first kappa shape index (κ1) is 50.1. The molecule has 0 aromatic carbocycles. The number of amides is 5. The second-order valence-corrected chi connectivity index (χ2v) is 14.9. The van der Waals surface area contributed by atoms with Crippen LogP contribution in [0.3, 0.4) is 0 Å². The number of rotatable bonds is 16. The van der Waals surface area contributed by atoms with Gasteiger partial charge in [0.05, 0.1) is 64.3 Å². The fourth-order valence-corrected chi connectivity index (χ4v) is 5.73. The molecular formula is C38H75N9O8. The number of nitrogens with one attached hydrogen (secondary N) is 3. The number of carbonyl (C=O) groups excluding carboxylic acids is 5. The third-order valence-electron chi connectivity index (χ3n) is 10.5. The highest BCUT2D eigenvalue weighted by atomic mass is 16.5. The van der Waals surface area contributed by atoms with Crippen molar-refractivity contribution in [2.24, 2.45) is 35.0 Å². The van der Waals surface area contributed by atoms with Gasteiger partial charge in [-0.25, -0.2) is 0 Å². The van der Waals surface area contributed by atoms with E-state index < -0.39 is 24.2 Å². The number of morpholine rings is 3. The molecule has 0 saturated carbocycles. The van der Waals surface area contributed by atoms with E-state index in [1.807, 2.05) is 41.5 Å². The molecule has 0 spiro atoms. The number of hydrogen-bond acceptors (Lipinski definition) is 12. The predicted octanol–water partition coefficient (Wildman–Crippen LogP) is -0.745. The zero-order valence-corrected chi connectivity index (χ0v) is 35.0. The molecule has 0 aromatic rings. The lowest BCUT2D eigenvalue weighted by molar-refractivity contribution is -0.139. The molecule has 0 aromatic heterocycles. The van der Waals surface area contributed by atoms with E-state index in [1.165, 1.54) is 0 Å². The van der Waals surface area contributed by atoms with E-state index in [9.17, 15) is 24.0 Å². The van der Waals surface area contributed by atoms with Crippen LogP contribution < -0.4 is 33.2 Å². The third kappa shape index (κ3) is 19.2. The van der Waals surface area contributed by atoms with E-state index in [2.05, 4.69) is 27.8 Å². The van der Waals surface area contributed by atoms with Gasteiger partial charge >= 0.3 is 0 Å². The molecule has 3 aliphatic rings. The lowest BCUT2D eigenvalue weighted by Crippen LogP contribution is -2.54. The van der Waals surface area contributed by atoms with Crippen LogP contribution in [-0.2, 0) is 38.2 Å². The molecule has 17 nitrogen and oxygen atoms in total. The van der Waals surface area contributed by atoms with Gasteiger partial charge in [0.2, 0.25) is 29.5 Å². The largest absolute Gasteiger partial charge is 0.379 e. The Morgan fingerprint density at radius 3 is 1.38 bits per heavy atom. The van der Waals surface area contributed by atoms with Crippen LogP contribution in [0.4, 0.5) is 0 Å². The van der Waals surface area contributed by atoms with Gasteiger partial charge in [-0.15, -0.1) is 0 Å². The van der Waals surface area contributed by atoms with E-state index in [0.717, 1.165) is 52.1 Å². The summed E-state index contributed by atoms with van der Waals surface area (Å²) >= 11 is 0. The molecule has 3 heterocycles. The van der Waals surface area contributed by atoms with Crippen molar-refractivity contribution in [3.8, 4) is 0 Å². The standard InChI is InChI=1S/C13H25N3O3.C13H27N3O2.C12H23N3O3/c1-4-9(2)11(14)12(17)15-10(3)13(18)16-5-7-19-8-6-16;1-4-10(2)12(14)13(17)15-11(3)9-16-5-7-18-8-6-16;1-3-9(2)11(13)12(17)14-8-10(16)15-4-6-18-7-5-15/h9-11H,4-8,14H2,1-3H3,(H,15,17);10-12H,4-9,14H2,1-3H3,(H,15,17);9,11H,3-8,13H2,1-2H3,(H,14,17). The highest BCUT2D eigenvalue weighted by Gasteiger charge is 2.27. The van der Waals surface area contributed by atoms with Gasteiger partial charge in [-0.2, -0.15) is 0 Å². The lowest BCUT2D eigenvalue weighted by atomic mass is 9.99. The minimum Gasteiger partial charge on any atom is -0.379 e. The molecule has 17 heteroatoms. The summed E-state index contributed by atoms with van der Waals surface area (Å²) in [5.74, 6) is -0.273. The molecule has 320 valence electrons. The van der Waals surface area contributed by atoms with Gasteiger partial charge in [0, 0.05) is 51.9 Å². The summed E-state index contributed by atoms with van der Waals surface area (Å²) in [4.78, 5) is 65.1. The monoisotopic (exact) mass is 786 g/mol. The molecule has 55 heavy (non-hydrogen) atoms. The van der Waals surface area contributed by atoms with E-state index in [1.54, 1.807) is 16.7 Å². The molecule has 3 aliphatic heterocycles. The Hall–Kier alpha value is -2.93. The zero-order valence-electron chi connectivity index (χ0n) is 35.0. The summed E-state index contributed by atoms with van der Waals surface area (Å²) in [5.41, 5.74) is 17.5. The van der Waals surface area contributed by atoms with Crippen LogP contribution in [0.25, 0.3) is 0 Å². The maximum Gasteiger partial charge on any atom is 0.245 e. The number of carbonyl (C=O) groups is 5. The van der Waals surface area contributed by atoms with Crippen molar-refractivity contribution in [3.05, 3.63) is 0 Å². The molecule has 5 amide bonds. The number of ether oxygens (including phenoxy) is 3. The summed E-state index contributed by atoms with van der Waals surface area (Å²) in [7, 11) is 0. The van der Waals surface area contributed by atoms with Gasteiger partial charge in [0.25, 0.3) is 0 Å². The van der Waals surface area contributed by atoms with Crippen LogP contribution in [0.5, 0.6) is 0 Å². The summed E-state index contributed by atoms with van der Waals surface area (Å²) in [6.07, 6.45) is 2.60. The second-order valence-electron chi connectivity index (χ2n) is 14.9. The smallest absolute Gasteiger partial charge is 0.245 e. The summed E-state index contributed by atoms with van der Waals surface area (Å²) in [6, 6.07) is -1.93. The minimum atomic E-state index is -0.565. The van der Waals surface area contributed by atoms with Gasteiger partial charge < -0.3 is 57.2 Å². The topological polar surface area (TPSA) is 237 Å². The quantitative estimate of drug-likeness (QED) is 0.114. The van der Waals surface area contributed by atoms with Gasteiger partial charge in [-0.05, 0) is 31.6 Å². The van der Waals surface area contributed by atoms with E-state index >= 15 is 0 Å². The van der Waals surface area contributed by atoms with Crippen LogP contribution in [0.1, 0.15) is 74.7 Å². The van der Waals surface area contributed by atoms with Crippen LogP contribution >= 0.6 is 0 Å². The maximum absolute atomic E-state index is 12.1. The first-order valence-corrected chi connectivity index (χ1v) is 20.2. The Balaban J connectivity index is 0.000000413. The van der Waals surface area contributed by atoms with Crippen molar-refractivity contribution in [2.45, 2.75) is 105 Å². The van der Waals surface area contributed by atoms with Gasteiger partial charge in [-0.1, -0.05) is 60.8 Å². The van der Waals surface area contributed by atoms with E-state index in [0.29, 0.717) is 52.6 Å². The molecule has 0 bridgehead atoms. The van der Waals surface area contributed by atoms with Crippen molar-refractivity contribution in [3.63, 3.8) is 0 Å². The summed E-state index contributed by atoms with van der Waals surface area (Å²) < 4.78 is 15.6. The number of nitrogens with zero attached hydrogens (tertiary/aromatic N) is 3. The SMILES string of the molecule is CCC(C)C(N)C(=O)NC(C)C(=O)N1CCOCC1.CCC(C)C(N)C(=O)NC(C)CN1CCOCC1.CCC(C)C(N)C(=O)NCC(=O)N1CCOCC1. The minimum absolute atomic E-state index is 0.0168. The Morgan fingerprint density at radius 1 is 0.564 bits per heavy atom. The van der Waals surface area contributed by atoms with Crippen LogP contribution in [0.15, 0.2) is 0 Å². The average molecular weight is 786 g/mol. The Morgan fingerprint density at radius 2 is 0.945 bits per heavy atom. The average Bonchev–Trinajstić information content (AvgIpc) is 3.21. The van der Waals surface area contributed by atoms with Gasteiger partial charge in [0.15, 0.2) is 0 Å². The van der Waals surface area contributed by atoms with E-state index in [4.69, 9.17) is 31.4 Å². The first-order chi connectivity index (χ1) is 26.1. The Bertz CT molecular complexity index is 1120.